The molecule has 0 amide bonds. The Morgan fingerprint density at radius 3 is 2.59 bits per heavy atom. The topological polar surface area (TPSA) is 60.0 Å². The van der Waals surface area contributed by atoms with Crippen LogP contribution in [0.4, 0.5) is 5.69 Å². The van der Waals surface area contributed by atoms with E-state index in [-0.39, 0.29) is 5.57 Å². The van der Waals surface area contributed by atoms with Crippen LogP contribution in [0.2, 0.25) is 0 Å². The van der Waals surface area contributed by atoms with Gasteiger partial charge in [-0.15, -0.1) is 11.3 Å². The van der Waals surface area contributed by atoms with Crippen molar-refractivity contribution in [1.29, 1.82) is 10.5 Å². The van der Waals surface area contributed by atoms with E-state index < -0.39 is 0 Å². The Labute approximate surface area is 163 Å². The van der Waals surface area contributed by atoms with Crippen LogP contribution in [0.3, 0.4) is 0 Å². The molecule has 1 aromatic carbocycles. The van der Waals surface area contributed by atoms with Crippen molar-refractivity contribution < 1.29 is 4.74 Å². The van der Waals surface area contributed by atoms with Gasteiger partial charge in [0.25, 0.3) is 0 Å². The predicted molar refractivity (Wildman–Crippen MR) is 110 cm³/mol. The molecule has 1 aromatic heterocycles. The molecule has 0 saturated heterocycles. The van der Waals surface area contributed by atoms with Gasteiger partial charge in [0, 0.05) is 40.9 Å². The van der Waals surface area contributed by atoms with E-state index in [0.29, 0.717) is 5.76 Å². The number of fused-ring (bicyclic) bond motifs is 1. The number of nitriles is 2. The summed E-state index contributed by atoms with van der Waals surface area (Å²) in [5, 5.41) is 20.0. The third-order valence-corrected chi connectivity index (χ3v) is 5.24. The fourth-order valence-electron chi connectivity index (χ4n) is 2.92. The van der Waals surface area contributed by atoms with Crippen molar-refractivity contribution >= 4 is 28.7 Å². The molecule has 0 aliphatic carbocycles. The fraction of sp³-hybridized carbons (Fsp3) is 0.182. The highest BCUT2D eigenvalue weighted by Crippen LogP contribution is 2.39. The first kappa shape index (κ1) is 18.5. The molecular weight excluding hydrogens is 354 g/mol. The zero-order valence-corrected chi connectivity index (χ0v) is 16.1. The minimum Gasteiger partial charge on any atom is -0.456 e. The first-order valence-corrected chi connectivity index (χ1v) is 9.63. The van der Waals surface area contributed by atoms with Gasteiger partial charge >= 0.3 is 0 Å². The summed E-state index contributed by atoms with van der Waals surface area (Å²) in [6, 6.07) is 14.0. The molecule has 5 heteroatoms. The maximum atomic E-state index is 8.99. The lowest BCUT2D eigenvalue weighted by atomic mass is 10.0. The van der Waals surface area contributed by atoms with Crippen LogP contribution >= 0.6 is 11.3 Å². The van der Waals surface area contributed by atoms with Crippen molar-refractivity contribution in [3.8, 4) is 17.9 Å². The van der Waals surface area contributed by atoms with Crippen LogP contribution in [0.25, 0.3) is 11.6 Å². The van der Waals surface area contributed by atoms with Crippen molar-refractivity contribution in [2.24, 2.45) is 0 Å². The first-order valence-electron chi connectivity index (χ1n) is 8.75. The molecule has 2 heterocycles. The van der Waals surface area contributed by atoms with E-state index in [4.69, 9.17) is 15.3 Å². The Kier molecular flexibility index (Phi) is 5.76. The van der Waals surface area contributed by atoms with Gasteiger partial charge in [0.15, 0.2) is 0 Å². The van der Waals surface area contributed by atoms with E-state index >= 15 is 0 Å². The fourth-order valence-corrected chi connectivity index (χ4v) is 3.67. The van der Waals surface area contributed by atoms with Gasteiger partial charge in [-0.1, -0.05) is 6.07 Å². The molecule has 0 N–H and O–H groups in total. The number of thiophene rings is 1. The highest BCUT2D eigenvalue weighted by molar-refractivity contribution is 7.11. The molecule has 0 spiro atoms. The van der Waals surface area contributed by atoms with Crippen LogP contribution < -0.4 is 9.64 Å². The summed E-state index contributed by atoms with van der Waals surface area (Å²) in [7, 11) is 0. The molecule has 0 radical (unpaired) electrons. The highest BCUT2D eigenvalue weighted by atomic mass is 32.1. The monoisotopic (exact) mass is 373 g/mol. The van der Waals surface area contributed by atoms with Gasteiger partial charge in [-0.25, -0.2) is 0 Å². The number of hydrogen-bond donors (Lipinski definition) is 0. The van der Waals surface area contributed by atoms with Crippen molar-refractivity contribution in [2.75, 3.05) is 18.0 Å². The first-order chi connectivity index (χ1) is 13.2. The summed E-state index contributed by atoms with van der Waals surface area (Å²) in [6.07, 6.45) is 5.28. The Balaban J connectivity index is 2.08. The molecule has 2 aromatic rings. The molecule has 0 fully saturated rings. The van der Waals surface area contributed by atoms with Gasteiger partial charge in [-0.2, -0.15) is 10.5 Å². The maximum absolute atomic E-state index is 8.99. The molecule has 3 rings (SSSR count). The van der Waals surface area contributed by atoms with Crippen LogP contribution in [0.1, 0.15) is 24.3 Å². The minimum atomic E-state index is 0.0410. The van der Waals surface area contributed by atoms with Crippen molar-refractivity contribution in [1.82, 2.24) is 0 Å². The largest absolute Gasteiger partial charge is 0.456 e. The van der Waals surface area contributed by atoms with Gasteiger partial charge in [0.2, 0.25) is 0 Å². The van der Waals surface area contributed by atoms with Gasteiger partial charge < -0.3 is 9.64 Å². The van der Waals surface area contributed by atoms with Crippen molar-refractivity contribution in [2.45, 2.75) is 13.8 Å². The average molecular weight is 373 g/mol. The molecule has 134 valence electrons. The lowest BCUT2D eigenvalue weighted by molar-refractivity contribution is 0.445. The zero-order valence-electron chi connectivity index (χ0n) is 15.3. The van der Waals surface area contributed by atoms with E-state index in [0.717, 1.165) is 40.5 Å². The quantitative estimate of drug-likeness (QED) is 0.660. The Bertz CT molecular complexity index is 981. The van der Waals surface area contributed by atoms with Crippen LogP contribution in [0, 0.1) is 22.7 Å². The summed E-state index contributed by atoms with van der Waals surface area (Å²) < 4.78 is 6.20. The minimum absolute atomic E-state index is 0.0410. The van der Waals surface area contributed by atoms with Crippen molar-refractivity contribution in [3.63, 3.8) is 0 Å². The average Bonchev–Trinajstić information content (AvgIpc) is 3.23. The third-order valence-electron chi connectivity index (χ3n) is 4.34. The lowest BCUT2D eigenvalue weighted by Crippen LogP contribution is -2.21. The summed E-state index contributed by atoms with van der Waals surface area (Å²) >= 11 is 1.62. The summed E-state index contributed by atoms with van der Waals surface area (Å²) in [6.45, 7) is 6.09. The number of rotatable bonds is 5. The summed E-state index contributed by atoms with van der Waals surface area (Å²) in [4.78, 5) is 3.33. The predicted octanol–water partition coefficient (Wildman–Crippen LogP) is 5.38. The SMILES string of the molecule is CCN(CC)c1ccc2c(c1)O/C(=C/C=C(C#N)C#N)C(c1cccs1)=C2. The molecule has 0 atom stereocenters. The lowest BCUT2D eigenvalue weighted by Gasteiger charge is -2.25. The number of ether oxygens (including phenoxy) is 1. The summed E-state index contributed by atoms with van der Waals surface area (Å²) in [5.74, 6) is 1.40. The van der Waals surface area contributed by atoms with E-state index in [1.807, 2.05) is 35.7 Å². The Morgan fingerprint density at radius 1 is 1.19 bits per heavy atom. The second kappa shape index (κ2) is 8.40. The maximum Gasteiger partial charge on any atom is 0.136 e. The molecule has 1 aliphatic heterocycles. The van der Waals surface area contributed by atoms with E-state index in [1.54, 1.807) is 17.4 Å². The molecule has 0 bridgehead atoms. The van der Waals surface area contributed by atoms with Gasteiger partial charge in [-0.05, 0) is 55.7 Å². The molecule has 27 heavy (non-hydrogen) atoms. The third kappa shape index (κ3) is 3.95. The zero-order chi connectivity index (χ0) is 19.2. The second-order valence-electron chi connectivity index (χ2n) is 5.87. The van der Waals surface area contributed by atoms with Gasteiger partial charge in [0.05, 0.1) is 0 Å². The van der Waals surface area contributed by atoms with E-state index in [9.17, 15) is 0 Å². The number of hydrogen-bond acceptors (Lipinski definition) is 5. The normalized spacial score (nSPS) is 13.6. The van der Waals surface area contributed by atoms with Gasteiger partial charge in [0.1, 0.15) is 29.2 Å². The van der Waals surface area contributed by atoms with E-state index in [1.165, 1.54) is 6.08 Å². The number of anilines is 1. The smallest absolute Gasteiger partial charge is 0.136 e. The van der Waals surface area contributed by atoms with E-state index in [2.05, 4.69) is 37.0 Å². The van der Waals surface area contributed by atoms with Crippen LogP contribution in [-0.2, 0) is 0 Å². The standard InChI is InChI=1S/C22H19N3OS/c1-3-25(4-2)18-9-8-17-12-19(22-6-5-11-27-22)20(26-21(17)13-18)10-7-16(14-23)15-24/h5-13H,3-4H2,1-2H3/b20-10+. The van der Waals surface area contributed by atoms with Crippen molar-refractivity contribution in [3.05, 3.63) is 69.6 Å². The number of allylic oxidation sites excluding steroid dienone is 4. The van der Waals surface area contributed by atoms with Crippen LogP contribution in [-0.4, -0.2) is 13.1 Å². The Morgan fingerprint density at radius 2 is 1.96 bits per heavy atom. The molecule has 1 aliphatic rings. The molecule has 0 saturated carbocycles. The Hall–Kier alpha value is -3.28. The number of benzene rings is 1. The summed E-state index contributed by atoms with van der Waals surface area (Å²) in [5.41, 5.74) is 3.10. The molecular formula is C22H19N3OS. The second-order valence-corrected chi connectivity index (χ2v) is 6.81. The van der Waals surface area contributed by atoms with Crippen LogP contribution in [0.5, 0.6) is 5.75 Å². The highest BCUT2D eigenvalue weighted by Gasteiger charge is 2.20. The number of nitrogens with zero attached hydrogens (tertiary/aromatic N) is 3. The van der Waals surface area contributed by atoms with Crippen LogP contribution in [0.15, 0.2) is 59.2 Å². The molecule has 4 nitrogen and oxygen atoms in total. The van der Waals surface area contributed by atoms with Gasteiger partial charge in [-0.3, -0.25) is 0 Å². The molecule has 0 unspecified atom stereocenters.